The summed E-state index contributed by atoms with van der Waals surface area (Å²) in [5.74, 6) is -0.818. The number of aliphatic hydroxyl groups is 3. The van der Waals surface area contributed by atoms with E-state index in [4.69, 9.17) is 21.3 Å². The van der Waals surface area contributed by atoms with Crippen LogP contribution in [0.3, 0.4) is 0 Å². The highest BCUT2D eigenvalue weighted by atomic mass is 16.6. The van der Waals surface area contributed by atoms with E-state index in [9.17, 15) is 15.0 Å². The largest absolute Gasteiger partial charge is 0.395 e. The van der Waals surface area contributed by atoms with Gasteiger partial charge >= 0.3 is 0 Å². The Hall–Kier alpha value is -1.68. The lowest BCUT2D eigenvalue weighted by Gasteiger charge is -2.13. The molecule has 0 aliphatic carbocycles. The van der Waals surface area contributed by atoms with Gasteiger partial charge in [0.15, 0.2) is 5.69 Å². The third-order valence-electron chi connectivity index (χ3n) is 2.89. The van der Waals surface area contributed by atoms with Crippen LogP contribution in [0.4, 0.5) is 5.69 Å². The SMILES string of the molecule is NC(=O)c1n[nH]c(C2OC(CO)C(O)C2O)c1N. The van der Waals surface area contributed by atoms with Gasteiger partial charge in [-0.2, -0.15) is 5.10 Å². The summed E-state index contributed by atoms with van der Waals surface area (Å²) >= 11 is 0. The number of aliphatic hydroxyl groups excluding tert-OH is 3. The molecule has 18 heavy (non-hydrogen) atoms. The molecule has 1 aromatic heterocycles. The van der Waals surface area contributed by atoms with Crippen LogP contribution in [0.1, 0.15) is 22.3 Å². The topological polar surface area (TPSA) is 168 Å². The third-order valence-corrected chi connectivity index (χ3v) is 2.89. The first-order valence-corrected chi connectivity index (χ1v) is 5.23. The van der Waals surface area contributed by atoms with Gasteiger partial charge in [-0.1, -0.05) is 0 Å². The Morgan fingerprint density at radius 3 is 2.56 bits per heavy atom. The average Bonchev–Trinajstić information content (AvgIpc) is 2.82. The van der Waals surface area contributed by atoms with Gasteiger partial charge in [-0.15, -0.1) is 0 Å². The maximum Gasteiger partial charge on any atom is 0.271 e. The number of hydrogen-bond donors (Lipinski definition) is 6. The van der Waals surface area contributed by atoms with E-state index in [-0.39, 0.29) is 17.1 Å². The molecule has 1 fully saturated rings. The van der Waals surface area contributed by atoms with Gasteiger partial charge in [0, 0.05) is 0 Å². The van der Waals surface area contributed by atoms with Crippen LogP contribution in [-0.4, -0.2) is 56.3 Å². The zero-order valence-corrected chi connectivity index (χ0v) is 9.28. The van der Waals surface area contributed by atoms with E-state index in [1.807, 2.05) is 0 Å². The number of carbonyl (C=O) groups excluding carboxylic acids is 1. The first-order chi connectivity index (χ1) is 8.47. The average molecular weight is 258 g/mol. The van der Waals surface area contributed by atoms with E-state index in [1.165, 1.54) is 0 Å². The lowest BCUT2D eigenvalue weighted by Crippen LogP contribution is -2.32. The van der Waals surface area contributed by atoms with E-state index in [2.05, 4.69) is 10.2 Å². The van der Waals surface area contributed by atoms with Gasteiger partial charge in [0.2, 0.25) is 0 Å². The minimum absolute atomic E-state index is 0.0441. The van der Waals surface area contributed by atoms with Crippen LogP contribution in [-0.2, 0) is 4.74 Å². The van der Waals surface area contributed by atoms with Crippen molar-refractivity contribution in [2.75, 3.05) is 12.3 Å². The molecule has 0 aromatic carbocycles. The summed E-state index contributed by atoms with van der Waals surface area (Å²) in [6, 6.07) is 0. The number of aromatic nitrogens is 2. The second-order valence-electron chi connectivity index (χ2n) is 4.02. The van der Waals surface area contributed by atoms with Crippen molar-refractivity contribution in [3.63, 3.8) is 0 Å². The Labute approximate surface area is 101 Å². The highest BCUT2D eigenvalue weighted by molar-refractivity contribution is 5.96. The molecule has 8 N–H and O–H groups in total. The number of primary amides is 1. The fourth-order valence-corrected chi connectivity index (χ4v) is 1.91. The smallest absolute Gasteiger partial charge is 0.271 e. The van der Waals surface area contributed by atoms with Crippen molar-refractivity contribution in [1.29, 1.82) is 0 Å². The van der Waals surface area contributed by atoms with Gasteiger partial charge in [0.1, 0.15) is 24.4 Å². The fourth-order valence-electron chi connectivity index (χ4n) is 1.91. The molecule has 0 saturated carbocycles. The minimum Gasteiger partial charge on any atom is -0.395 e. The Kier molecular flexibility index (Phi) is 3.22. The molecule has 1 aromatic rings. The summed E-state index contributed by atoms with van der Waals surface area (Å²) in [4.78, 5) is 11.0. The van der Waals surface area contributed by atoms with Crippen LogP contribution in [0.15, 0.2) is 0 Å². The Balaban J connectivity index is 2.30. The van der Waals surface area contributed by atoms with Crippen LogP contribution >= 0.6 is 0 Å². The number of nitrogens with zero attached hydrogens (tertiary/aromatic N) is 1. The number of hydrogen-bond acceptors (Lipinski definition) is 7. The lowest BCUT2D eigenvalue weighted by molar-refractivity contribution is -0.0237. The quantitative estimate of drug-likeness (QED) is 0.341. The van der Waals surface area contributed by atoms with Crippen molar-refractivity contribution >= 4 is 11.6 Å². The molecule has 1 amide bonds. The Morgan fingerprint density at radius 2 is 2.11 bits per heavy atom. The van der Waals surface area contributed by atoms with E-state index in [0.29, 0.717) is 0 Å². The Morgan fingerprint density at radius 1 is 1.44 bits per heavy atom. The number of rotatable bonds is 3. The van der Waals surface area contributed by atoms with Gasteiger partial charge < -0.3 is 31.5 Å². The van der Waals surface area contributed by atoms with Crippen LogP contribution < -0.4 is 11.5 Å². The van der Waals surface area contributed by atoms with Crippen molar-refractivity contribution in [3.8, 4) is 0 Å². The molecule has 0 radical (unpaired) electrons. The van der Waals surface area contributed by atoms with Crippen LogP contribution in [0.25, 0.3) is 0 Å². The second kappa shape index (κ2) is 4.53. The van der Waals surface area contributed by atoms with E-state index < -0.39 is 36.9 Å². The van der Waals surface area contributed by atoms with Crippen LogP contribution in [0, 0.1) is 0 Å². The zero-order chi connectivity index (χ0) is 13.4. The van der Waals surface area contributed by atoms with Crippen molar-refractivity contribution in [2.24, 2.45) is 5.73 Å². The minimum atomic E-state index is -1.29. The predicted octanol–water partition coefficient (Wildman–Crippen LogP) is -2.76. The van der Waals surface area contributed by atoms with Gasteiger partial charge in [0.05, 0.1) is 18.0 Å². The van der Waals surface area contributed by atoms with Gasteiger partial charge in [-0.05, 0) is 0 Å². The summed E-state index contributed by atoms with van der Waals surface area (Å²) in [6.45, 7) is -0.453. The van der Waals surface area contributed by atoms with E-state index in [0.717, 1.165) is 0 Å². The Bertz CT molecular complexity index is 462. The molecule has 1 aliphatic heterocycles. The molecule has 0 spiro atoms. The molecule has 4 atom stereocenters. The van der Waals surface area contributed by atoms with Gasteiger partial charge in [-0.3, -0.25) is 9.89 Å². The molecule has 1 aliphatic rings. The monoisotopic (exact) mass is 258 g/mol. The highest BCUT2D eigenvalue weighted by Gasteiger charge is 2.45. The highest BCUT2D eigenvalue weighted by Crippen LogP contribution is 2.35. The summed E-state index contributed by atoms with van der Waals surface area (Å²) < 4.78 is 5.24. The number of amides is 1. The number of anilines is 1. The molecule has 9 heteroatoms. The molecule has 0 bridgehead atoms. The maximum atomic E-state index is 11.0. The standard InChI is InChI=1S/C9H14N4O5/c10-3-4(12-13-5(3)9(11)17)8-7(16)6(15)2(1-14)18-8/h2,6-8,14-16H,1,10H2,(H2,11,17)(H,12,13). The third kappa shape index (κ3) is 1.82. The molecule has 4 unspecified atom stereocenters. The molecule has 2 heterocycles. The summed E-state index contributed by atoms with van der Waals surface area (Å²) in [7, 11) is 0. The first kappa shape index (κ1) is 12.8. The van der Waals surface area contributed by atoms with Crippen LogP contribution in [0.2, 0.25) is 0 Å². The number of H-pyrrole nitrogens is 1. The normalized spacial score (nSPS) is 31.7. The number of carbonyl (C=O) groups is 1. The fraction of sp³-hybridized carbons (Fsp3) is 0.556. The first-order valence-electron chi connectivity index (χ1n) is 5.23. The predicted molar refractivity (Wildman–Crippen MR) is 58.2 cm³/mol. The molecular weight excluding hydrogens is 244 g/mol. The molecular formula is C9H14N4O5. The number of aromatic amines is 1. The second-order valence-corrected chi connectivity index (χ2v) is 4.02. The number of ether oxygens (including phenoxy) is 1. The number of nitrogens with one attached hydrogen (secondary N) is 1. The summed E-state index contributed by atoms with van der Waals surface area (Å²) in [6.07, 6.45) is -4.46. The van der Waals surface area contributed by atoms with Crippen molar-refractivity contribution in [1.82, 2.24) is 10.2 Å². The summed E-state index contributed by atoms with van der Waals surface area (Å²) in [5.41, 5.74) is 10.6. The summed E-state index contributed by atoms with van der Waals surface area (Å²) in [5, 5.41) is 34.4. The van der Waals surface area contributed by atoms with Gasteiger partial charge in [-0.25, -0.2) is 0 Å². The molecule has 100 valence electrons. The van der Waals surface area contributed by atoms with E-state index >= 15 is 0 Å². The number of nitrogen functional groups attached to an aromatic ring is 1. The maximum absolute atomic E-state index is 11.0. The van der Waals surface area contributed by atoms with Crippen molar-refractivity contribution in [2.45, 2.75) is 24.4 Å². The van der Waals surface area contributed by atoms with Gasteiger partial charge in [0.25, 0.3) is 5.91 Å². The number of nitrogens with two attached hydrogens (primary N) is 2. The lowest BCUT2D eigenvalue weighted by atomic mass is 10.0. The van der Waals surface area contributed by atoms with E-state index in [1.54, 1.807) is 0 Å². The zero-order valence-electron chi connectivity index (χ0n) is 9.28. The molecule has 2 rings (SSSR count). The van der Waals surface area contributed by atoms with Crippen LogP contribution in [0.5, 0.6) is 0 Å². The molecule has 9 nitrogen and oxygen atoms in total. The molecule has 1 saturated heterocycles. The van der Waals surface area contributed by atoms with Crippen molar-refractivity contribution < 1.29 is 24.9 Å². The van der Waals surface area contributed by atoms with Crippen molar-refractivity contribution in [3.05, 3.63) is 11.4 Å².